The fourth-order valence-electron chi connectivity index (χ4n) is 2.07. The molecule has 1 unspecified atom stereocenters. The Morgan fingerprint density at radius 3 is 3.12 bits per heavy atom. The number of nitrogens with zero attached hydrogens (tertiary/aromatic N) is 2. The van der Waals surface area contributed by atoms with Crippen LogP contribution in [0.1, 0.15) is 23.3 Å². The Kier molecular flexibility index (Phi) is 3.66. The van der Waals surface area contributed by atoms with Crippen LogP contribution in [0.25, 0.3) is 0 Å². The fourth-order valence-corrected chi connectivity index (χ4v) is 2.07. The highest BCUT2D eigenvalue weighted by atomic mass is 19.1. The highest BCUT2D eigenvalue weighted by Crippen LogP contribution is 2.19. The summed E-state index contributed by atoms with van der Waals surface area (Å²) in [7, 11) is 0. The summed E-state index contributed by atoms with van der Waals surface area (Å²) in [5.41, 5.74) is -0.174. The molecule has 1 aromatic rings. The van der Waals surface area contributed by atoms with Gasteiger partial charge in [0, 0.05) is 25.2 Å². The summed E-state index contributed by atoms with van der Waals surface area (Å²) in [6.45, 7) is 0.463. The van der Waals surface area contributed by atoms with E-state index in [1.165, 1.54) is 23.2 Å². The van der Waals surface area contributed by atoms with Gasteiger partial charge in [-0.3, -0.25) is 9.18 Å². The molecule has 0 aromatic carbocycles. The number of piperidine rings is 1. The summed E-state index contributed by atoms with van der Waals surface area (Å²) < 4.78 is 26.0. The quantitative estimate of drug-likeness (QED) is 0.792. The van der Waals surface area contributed by atoms with Gasteiger partial charge in [0.1, 0.15) is 0 Å². The van der Waals surface area contributed by atoms with Crippen LogP contribution >= 0.6 is 0 Å². The van der Waals surface area contributed by atoms with Crippen LogP contribution < -0.4 is 0 Å². The molecule has 1 saturated heterocycles. The molecule has 17 heavy (non-hydrogen) atoms. The zero-order valence-corrected chi connectivity index (χ0v) is 9.40. The molecule has 0 aliphatic carbocycles. The van der Waals surface area contributed by atoms with Crippen LogP contribution in [0.5, 0.6) is 0 Å². The number of amides is 1. The maximum Gasteiger partial charge on any atom is 0.275 e. The number of pyridine rings is 1. The molecule has 1 fully saturated rings. The molecule has 5 heteroatoms. The van der Waals surface area contributed by atoms with Crippen LogP contribution in [-0.4, -0.2) is 35.6 Å². The molecule has 1 amide bonds. The van der Waals surface area contributed by atoms with Crippen molar-refractivity contribution >= 4 is 5.91 Å². The van der Waals surface area contributed by atoms with Crippen LogP contribution in [-0.2, 0) is 0 Å². The maximum absolute atomic E-state index is 13.4. The summed E-state index contributed by atoms with van der Waals surface area (Å²) in [4.78, 5) is 17.2. The molecule has 2 heterocycles. The van der Waals surface area contributed by atoms with E-state index in [0.29, 0.717) is 13.1 Å². The molecular formula is C12H14F2N2O. The van der Waals surface area contributed by atoms with Gasteiger partial charge in [0.2, 0.25) is 0 Å². The number of aromatic nitrogens is 1. The first-order chi connectivity index (χ1) is 8.22. The third kappa shape index (κ3) is 2.60. The maximum atomic E-state index is 13.4. The number of carbonyl (C=O) groups excluding carboxylic acids is 1. The number of halogens is 2. The van der Waals surface area contributed by atoms with Crippen molar-refractivity contribution in [1.29, 1.82) is 0 Å². The van der Waals surface area contributed by atoms with Crippen LogP contribution in [0.2, 0.25) is 0 Å². The Morgan fingerprint density at radius 1 is 1.59 bits per heavy atom. The molecule has 1 atom stereocenters. The SMILES string of the molecule is O=C(c1ncccc1F)N1CCCC(CF)C1. The first kappa shape index (κ1) is 12.0. The standard InChI is InChI=1S/C12H14F2N2O/c13-7-9-3-2-6-16(8-9)12(17)11-10(14)4-1-5-15-11/h1,4-5,9H,2-3,6-8H2. The molecule has 0 radical (unpaired) electrons. The van der Waals surface area contributed by atoms with Gasteiger partial charge in [0.05, 0.1) is 6.67 Å². The summed E-state index contributed by atoms with van der Waals surface area (Å²) in [6, 6.07) is 2.64. The van der Waals surface area contributed by atoms with Gasteiger partial charge in [-0.2, -0.15) is 0 Å². The molecule has 1 aliphatic heterocycles. The molecular weight excluding hydrogens is 226 g/mol. The number of carbonyl (C=O) groups is 1. The van der Waals surface area contributed by atoms with Gasteiger partial charge in [0.15, 0.2) is 11.5 Å². The van der Waals surface area contributed by atoms with Crippen molar-refractivity contribution in [3.05, 3.63) is 29.8 Å². The van der Waals surface area contributed by atoms with E-state index in [1.54, 1.807) is 0 Å². The zero-order valence-electron chi connectivity index (χ0n) is 9.40. The third-order valence-electron chi connectivity index (χ3n) is 2.99. The smallest absolute Gasteiger partial charge is 0.275 e. The van der Waals surface area contributed by atoms with E-state index in [1.807, 2.05) is 0 Å². The van der Waals surface area contributed by atoms with Gasteiger partial charge in [-0.1, -0.05) is 0 Å². The minimum absolute atomic E-state index is 0.125. The topological polar surface area (TPSA) is 33.2 Å². The number of likely N-dealkylation sites (tertiary alicyclic amines) is 1. The second-order valence-electron chi connectivity index (χ2n) is 4.25. The lowest BCUT2D eigenvalue weighted by Crippen LogP contribution is -2.41. The van der Waals surface area contributed by atoms with Crippen molar-refractivity contribution in [1.82, 2.24) is 9.88 Å². The van der Waals surface area contributed by atoms with Crippen LogP contribution in [0.15, 0.2) is 18.3 Å². The Bertz CT molecular complexity index is 411. The lowest BCUT2D eigenvalue weighted by atomic mass is 9.99. The van der Waals surface area contributed by atoms with Gasteiger partial charge in [-0.05, 0) is 25.0 Å². The minimum atomic E-state index is -0.625. The van der Waals surface area contributed by atoms with Gasteiger partial charge >= 0.3 is 0 Å². The van der Waals surface area contributed by atoms with E-state index in [0.717, 1.165) is 12.8 Å². The average Bonchev–Trinajstić information content (AvgIpc) is 2.38. The van der Waals surface area contributed by atoms with Crippen LogP contribution in [0.4, 0.5) is 8.78 Å². The molecule has 0 spiro atoms. The van der Waals surface area contributed by atoms with Crippen molar-refractivity contribution in [2.24, 2.45) is 5.92 Å². The van der Waals surface area contributed by atoms with Crippen molar-refractivity contribution in [2.75, 3.05) is 19.8 Å². The molecule has 0 N–H and O–H groups in total. The second kappa shape index (κ2) is 5.21. The number of hydrogen-bond donors (Lipinski definition) is 0. The van der Waals surface area contributed by atoms with E-state index in [-0.39, 0.29) is 11.6 Å². The zero-order chi connectivity index (χ0) is 12.3. The van der Waals surface area contributed by atoms with E-state index in [9.17, 15) is 13.6 Å². The van der Waals surface area contributed by atoms with Gasteiger partial charge in [-0.15, -0.1) is 0 Å². The van der Waals surface area contributed by atoms with E-state index in [4.69, 9.17) is 0 Å². The molecule has 2 rings (SSSR count). The number of alkyl halides is 1. The van der Waals surface area contributed by atoms with Crippen LogP contribution in [0.3, 0.4) is 0 Å². The predicted octanol–water partition coefficient (Wildman–Crippen LogP) is 2.04. The Morgan fingerprint density at radius 2 is 2.41 bits per heavy atom. The third-order valence-corrected chi connectivity index (χ3v) is 2.99. The monoisotopic (exact) mass is 240 g/mol. The van der Waals surface area contributed by atoms with E-state index >= 15 is 0 Å². The number of rotatable bonds is 2. The van der Waals surface area contributed by atoms with Gasteiger partial charge < -0.3 is 4.90 Å². The summed E-state index contributed by atoms with van der Waals surface area (Å²) in [5, 5.41) is 0. The van der Waals surface area contributed by atoms with Crippen molar-refractivity contribution < 1.29 is 13.6 Å². The Balaban J connectivity index is 2.12. The molecule has 1 aliphatic rings. The predicted molar refractivity (Wildman–Crippen MR) is 58.8 cm³/mol. The molecule has 92 valence electrons. The normalized spacial score (nSPS) is 20.4. The lowest BCUT2D eigenvalue weighted by molar-refractivity contribution is 0.0645. The van der Waals surface area contributed by atoms with Crippen molar-refractivity contribution in [2.45, 2.75) is 12.8 Å². The molecule has 3 nitrogen and oxygen atoms in total. The van der Waals surface area contributed by atoms with Gasteiger partial charge in [-0.25, -0.2) is 9.37 Å². The summed E-state index contributed by atoms with van der Waals surface area (Å²) in [5.74, 6) is -1.19. The largest absolute Gasteiger partial charge is 0.337 e. The van der Waals surface area contributed by atoms with E-state index in [2.05, 4.69) is 4.98 Å². The molecule has 1 aromatic heterocycles. The summed E-state index contributed by atoms with van der Waals surface area (Å²) >= 11 is 0. The number of hydrogen-bond acceptors (Lipinski definition) is 2. The van der Waals surface area contributed by atoms with Gasteiger partial charge in [0.25, 0.3) is 5.91 Å². The van der Waals surface area contributed by atoms with E-state index < -0.39 is 18.4 Å². The first-order valence-electron chi connectivity index (χ1n) is 5.68. The lowest BCUT2D eigenvalue weighted by Gasteiger charge is -2.31. The summed E-state index contributed by atoms with van der Waals surface area (Å²) in [6.07, 6.45) is 2.92. The fraction of sp³-hybridized carbons (Fsp3) is 0.500. The Hall–Kier alpha value is -1.52. The molecule has 0 saturated carbocycles. The van der Waals surface area contributed by atoms with Crippen molar-refractivity contribution in [3.63, 3.8) is 0 Å². The Labute approximate surface area is 98.5 Å². The highest BCUT2D eigenvalue weighted by Gasteiger charge is 2.26. The van der Waals surface area contributed by atoms with Crippen molar-refractivity contribution in [3.8, 4) is 0 Å². The second-order valence-corrected chi connectivity index (χ2v) is 4.25. The minimum Gasteiger partial charge on any atom is -0.337 e. The average molecular weight is 240 g/mol. The molecule has 0 bridgehead atoms. The first-order valence-corrected chi connectivity index (χ1v) is 5.68. The van der Waals surface area contributed by atoms with Crippen LogP contribution in [0, 0.1) is 11.7 Å². The highest BCUT2D eigenvalue weighted by molar-refractivity contribution is 5.92.